The number of piperazine rings is 1. The quantitative estimate of drug-likeness (QED) is 0.834. The number of aryl methyl sites for hydroxylation is 2. The fourth-order valence-corrected chi connectivity index (χ4v) is 2.50. The van der Waals surface area contributed by atoms with Crippen LogP contribution in [-0.2, 0) is 13.6 Å². The van der Waals surface area contributed by atoms with Gasteiger partial charge in [0.25, 0.3) is 0 Å². The summed E-state index contributed by atoms with van der Waals surface area (Å²) in [4.78, 5) is 2.45. The van der Waals surface area contributed by atoms with Gasteiger partial charge in [0, 0.05) is 39.3 Å². The molecule has 2 heterocycles. The SMILES string of the molecule is COc1c(CN2CCN[C@H](C)C2)c(C)nn1C. The number of hydrogen-bond acceptors (Lipinski definition) is 4. The molecule has 1 aliphatic rings. The van der Waals surface area contributed by atoms with Crippen molar-refractivity contribution < 1.29 is 4.74 Å². The lowest BCUT2D eigenvalue weighted by molar-refractivity contribution is 0.197. The molecule has 1 aromatic heterocycles. The second-order valence-electron chi connectivity index (χ2n) is 4.79. The van der Waals surface area contributed by atoms with Gasteiger partial charge in [-0.15, -0.1) is 0 Å². The molecule has 0 bridgehead atoms. The van der Waals surface area contributed by atoms with Crippen LogP contribution in [0.1, 0.15) is 18.2 Å². The summed E-state index contributed by atoms with van der Waals surface area (Å²) in [5.41, 5.74) is 2.28. The van der Waals surface area contributed by atoms with Crippen LogP contribution in [-0.4, -0.2) is 47.5 Å². The Morgan fingerprint density at radius 1 is 1.53 bits per heavy atom. The molecule has 0 saturated carbocycles. The Bertz CT molecular complexity index is 388. The van der Waals surface area contributed by atoms with Gasteiger partial charge in [-0.05, 0) is 13.8 Å². The van der Waals surface area contributed by atoms with Crippen molar-refractivity contribution in [2.45, 2.75) is 26.4 Å². The van der Waals surface area contributed by atoms with Gasteiger partial charge in [0.2, 0.25) is 5.88 Å². The van der Waals surface area contributed by atoms with Crippen molar-refractivity contribution in [1.82, 2.24) is 20.0 Å². The molecule has 5 heteroatoms. The van der Waals surface area contributed by atoms with Gasteiger partial charge in [-0.3, -0.25) is 4.90 Å². The smallest absolute Gasteiger partial charge is 0.216 e. The molecule has 17 heavy (non-hydrogen) atoms. The lowest BCUT2D eigenvalue weighted by atomic mass is 10.2. The summed E-state index contributed by atoms with van der Waals surface area (Å²) >= 11 is 0. The summed E-state index contributed by atoms with van der Waals surface area (Å²) in [6, 6.07) is 0.562. The van der Waals surface area contributed by atoms with Crippen molar-refractivity contribution in [2.75, 3.05) is 26.7 Å². The van der Waals surface area contributed by atoms with E-state index in [4.69, 9.17) is 4.74 Å². The van der Waals surface area contributed by atoms with E-state index in [2.05, 4.69) is 22.2 Å². The normalized spacial score (nSPS) is 21.8. The van der Waals surface area contributed by atoms with Gasteiger partial charge in [0.1, 0.15) is 0 Å². The van der Waals surface area contributed by atoms with Gasteiger partial charge in [0.05, 0.1) is 18.4 Å². The van der Waals surface area contributed by atoms with Crippen LogP contribution in [0.4, 0.5) is 0 Å². The third-order valence-corrected chi connectivity index (χ3v) is 3.32. The van der Waals surface area contributed by atoms with Crippen LogP contribution < -0.4 is 10.1 Å². The first-order valence-corrected chi connectivity index (χ1v) is 6.14. The molecule has 1 aliphatic heterocycles. The van der Waals surface area contributed by atoms with Gasteiger partial charge >= 0.3 is 0 Å². The number of methoxy groups -OCH3 is 1. The molecule has 0 unspecified atom stereocenters. The summed E-state index contributed by atoms with van der Waals surface area (Å²) in [6.45, 7) is 8.42. The van der Waals surface area contributed by atoms with E-state index < -0.39 is 0 Å². The fraction of sp³-hybridized carbons (Fsp3) is 0.750. The average molecular weight is 238 g/mol. The molecule has 0 spiro atoms. The molecule has 96 valence electrons. The lowest BCUT2D eigenvalue weighted by Crippen LogP contribution is -2.48. The van der Waals surface area contributed by atoms with E-state index in [0.29, 0.717) is 6.04 Å². The van der Waals surface area contributed by atoms with Gasteiger partial charge in [0.15, 0.2) is 0 Å². The summed E-state index contributed by atoms with van der Waals surface area (Å²) in [5, 5.41) is 7.87. The summed E-state index contributed by atoms with van der Waals surface area (Å²) in [6.07, 6.45) is 0. The molecule has 1 atom stereocenters. The summed E-state index contributed by atoms with van der Waals surface area (Å²) < 4.78 is 7.24. The van der Waals surface area contributed by atoms with E-state index in [9.17, 15) is 0 Å². The zero-order chi connectivity index (χ0) is 12.4. The van der Waals surface area contributed by atoms with Crippen LogP contribution in [0.3, 0.4) is 0 Å². The number of nitrogens with one attached hydrogen (secondary N) is 1. The second kappa shape index (κ2) is 5.06. The Kier molecular flexibility index (Phi) is 3.69. The highest BCUT2D eigenvalue weighted by molar-refractivity contribution is 5.30. The first kappa shape index (κ1) is 12.4. The number of hydrogen-bond donors (Lipinski definition) is 1. The lowest BCUT2D eigenvalue weighted by Gasteiger charge is -2.31. The van der Waals surface area contributed by atoms with Gasteiger partial charge in [-0.1, -0.05) is 0 Å². The predicted molar refractivity (Wildman–Crippen MR) is 67.2 cm³/mol. The molecule has 0 amide bonds. The molecule has 1 N–H and O–H groups in total. The van der Waals surface area contributed by atoms with Gasteiger partial charge < -0.3 is 10.1 Å². The zero-order valence-corrected chi connectivity index (χ0v) is 11.2. The predicted octanol–water partition coefficient (Wildman–Crippen LogP) is 0.531. The monoisotopic (exact) mass is 238 g/mol. The third kappa shape index (κ3) is 2.61. The minimum absolute atomic E-state index is 0.562. The molecule has 2 rings (SSSR count). The summed E-state index contributed by atoms with van der Waals surface area (Å²) in [7, 11) is 3.63. The molecule has 1 saturated heterocycles. The highest BCUT2D eigenvalue weighted by Crippen LogP contribution is 2.23. The van der Waals surface area contributed by atoms with Crippen molar-refractivity contribution in [3.8, 4) is 5.88 Å². The van der Waals surface area contributed by atoms with E-state index in [1.807, 2.05) is 18.7 Å². The van der Waals surface area contributed by atoms with Crippen LogP contribution in [0, 0.1) is 6.92 Å². The maximum Gasteiger partial charge on any atom is 0.216 e. The van der Waals surface area contributed by atoms with Crippen LogP contribution in [0.2, 0.25) is 0 Å². The average Bonchev–Trinajstić information content (AvgIpc) is 2.53. The molecule has 0 radical (unpaired) electrons. The van der Waals surface area contributed by atoms with Crippen LogP contribution in [0.25, 0.3) is 0 Å². The molecule has 0 aromatic carbocycles. The van der Waals surface area contributed by atoms with Crippen molar-refractivity contribution in [3.63, 3.8) is 0 Å². The largest absolute Gasteiger partial charge is 0.481 e. The highest BCUT2D eigenvalue weighted by atomic mass is 16.5. The minimum Gasteiger partial charge on any atom is -0.481 e. The van der Waals surface area contributed by atoms with Crippen LogP contribution in [0.5, 0.6) is 5.88 Å². The minimum atomic E-state index is 0.562. The number of aromatic nitrogens is 2. The second-order valence-corrected chi connectivity index (χ2v) is 4.79. The van der Waals surface area contributed by atoms with Crippen molar-refractivity contribution in [1.29, 1.82) is 0 Å². The Morgan fingerprint density at radius 2 is 2.29 bits per heavy atom. The van der Waals surface area contributed by atoms with Crippen molar-refractivity contribution >= 4 is 0 Å². The molecule has 5 nitrogen and oxygen atoms in total. The van der Waals surface area contributed by atoms with E-state index >= 15 is 0 Å². The number of nitrogens with zero attached hydrogens (tertiary/aromatic N) is 3. The maximum atomic E-state index is 5.42. The first-order valence-electron chi connectivity index (χ1n) is 6.14. The molecule has 1 fully saturated rings. The van der Waals surface area contributed by atoms with E-state index in [-0.39, 0.29) is 0 Å². The fourth-order valence-electron chi connectivity index (χ4n) is 2.50. The van der Waals surface area contributed by atoms with E-state index in [1.54, 1.807) is 7.11 Å². The molecule has 1 aromatic rings. The van der Waals surface area contributed by atoms with Crippen LogP contribution >= 0.6 is 0 Å². The summed E-state index contributed by atoms with van der Waals surface area (Å²) in [5.74, 6) is 0.883. The van der Waals surface area contributed by atoms with E-state index in [0.717, 1.165) is 37.8 Å². The number of ether oxygens (including phenoxy) is 1. The van der Waals surface area contributed by atoms with Gasteiger partial charge in [-0.2, -0.15) is 5.10 Å². The van der Waals surface area contributed by atoms with E-state index in [1.165, 1.54) is 5.56 Å². The standard InChI is InChI=1S/C12H22N4O/c1-9-7-16(6-5-13-9)8-11-10(2)14-15(3)12(11)17-4/h9,13H,5-8H2,1-4H3/t9-/m1/s1. The number of rotatable bonds is 3. The Balaban J connectivity index is 2.12. The zero-order valence-electron chi connectivity index (χ0n) is 11.2. The van der Waals surface area contributed by atoms with Crippen molar-refractivity contribution in [2.24, 2.45) is 7.05 Å². The highest BCUT2D eigenvalue weighted by Gasteiger charge is 2.20. The van der Waals surface area contributed by atoms with Crippen molar-refractivity contribution in [3.05, 3.63) is 11.3 Å². The Labute approximate surface area is 103 Å². The molecule has 0 aliphatic carbocycles. The Morgan fingerprint density at radius 3 is 2.94 bits per heavy atom. The molecular formula is C12H22N4O. The van der Waals surface area contributed by atoms with Gasteiger partial charge in [-0.25, -0.2) is 4.68 Å². The topological polar surface area (TPSA) is 42.3 Å². The third-order valence-electron chi connectivity index (χ3n) is 3.32. The maximum absolute atomic E-state index is 5.42. The van der Waals surface area contributed by atoms with Crippen LogP contribution in [0.15, 0.2) is 0 Å². The first-order chi connectivity index (χ1) is 8.11. The Hall–Kier alpha value is -1.07. The molecular weight excluding hydrogens is 216 g/mol.